The summed E-state index contributed by atoms with van der Waals surface area (Å²) in [5, 5.41) is 8.82. The normalized spacial score (nSPS) is 8.81. The van der Waals surface area contributed by atoms with Gasteiger partial charge in [-0.25, -0.2) is 0 Å². The van der Waals surface area contributed by atoms with Crippen molar-refractivity contribution in [2.45, 2.75) is 13.8 Å². The van der Waals surface area contributed by atoms with Crippen LogP contribution in [-0.2, 0) is 4.79 Å². The maximum absolute atomic E-state index is 10.7. The SMILES string of the molecule is CC(=O)SCC#Cc1cc(C#N)ccc1C. The predicted octanol–water partition coefficient (Wildman–Crippen LogP) is 2.50. The molecule has 0 amide bonds. The highest BCUT2D eigenvalue weighted by molar-refractivity contribution is 8.13. The van der Waals surface area contributed by atoms with Gasteiger partial charge < -0.3 is 0 Å². The van der Waals surface area contributed by atoms with Gasteiger partial charge in [0, 0.05) is 12.5 Å². The summed E-state index contributed by atoms with van der Waals surface area (Å²) in [4.78, 5) is 10.7. The lowest BCUT2D eigenvalue weighted by Crippen LogP contribution is -1.86. The molecular formula is C13H11NOS. The first kappa shape index (κ1) is 12.4. The summed E-state index contributed by atoms with van der Waals surface area (Å²) in [6.07, 6.45) is 0. The Morgan fingerprint density at radius 1 is 1.50 bits per heavy atom. The average Bonchev–Trinajstić information content (AvgIpc) is 2.26. The molecule has 0 fully saturated rings. The molecule has 0 aliphatic rings. The Kier molecular flexibility index (Phi) is 4.64. The van der Waals surface area contributed by atoms with Crippen molar-refractivity contribution in [3.05, 3.63) is 34.9 Å². The van der Waals surface area contributed by atoms with Gasteiger partial charge in [0.2, 0.25) is 0 Å². The van der Waals surface area contributed by atoms with Crippen LogP contribution in [0.1, 0.15) is 23.6 Å². The van der Waals surface area contributed by atoms with Crippen molar-refractivity contribution >= 4 is 16.9 Å². The van der Waals surface area contributed by atoms with Gasteiger partial charge in [-0.3, -0.25) is 4.79 Å². The minimum atomic E-state index is 0.0665. The van der Waals surface area contributed by atoms with Crippen LogP contribution in [0.2, 0.25) is 0 Å². The number of hydrogen-bond donors (Lipinski definition) is 0. The van der Waals surface area contributed by atoms with Crippen molar-refractivity contribution in [3.8, 4) is 17.9 Å². The molecule has 1 aromatic rings. The average molecular weight is 229 g/mol. The van der Waals surface area contributed by atoms with E-state index in [0.717, 1.165) is 11.1 Å². The maximum atomic E-state index is 10.7. The van der Waals surface area contributed by atoms with Crippen LogP contribution in [0.15, 0.2) is 18.2 Å². The standard InChI is InChI=1S/C13H11NOS/c1-10-5-6-12(9-14)8-13(10)4-3-7-16-11(2)15/h5-6,8H,7H2,1-2H3. The minimum Gasteiger partial charge on any atom is -0.288 e. The summed E-state index contributed by atoms with van der Waals surface area (Å²) in [6.45, 7) is 3.47. The Morgan fingerprint density at radius 2 is 2.25 bits per heavy atom. The lowest BCUT2D eigenvalue weighted by atomic mass is 10.1. The number of thioether (sulfide) groups is 1. The van der Waals surface area contributed by atoms with Crippen LogP contribution in [0.25, 0.3) is 0 Å². The number of rotatable bonds is 1. The van der Waals surface area contributed by atoms with E-state index in [4.69, 9.17) is 5.26 Å². The predicted molar refractivity (Wildman–Crippen MR) is 65.9 cm³/mol. The maximum Gasteiger partial charge on any atom is 0.186 e. The number of carbonyl (C=O) groups excluding carboxylic acids is 1. The first-order valence-corrected chi connectivity index (χ1v) is 5.75. The summed E-state index contributed by atoms with van der Waals surface area (Å²) >= 11 is 1.19. The number of hydrogen-bond acceptors (Lipinski definition) is 3. The summed E-state index contributed by atoms with van der Waals surface area (Å²) < 4.78 is 0. The molecule has 0 aromatic heterocycles. The zero-order chi connectivity index (χ0) is 12.0. The van der Waals surface area contributed by atoms with Gasteiger partial charge in [0.05, 0.1) is 17.4 Å². The molecule has 16 heavy (non-hydrogen) atoms. The molecule has 0 saturated carbocycles. The molecule has 0 aliphatic carbocycles. The molecular weight excluding hydrogens is 218 g/mol. The number of nitriles is 1. The second kappa shape index (κ2) is 6.00. The zero-order valence-corrected chi connectivity index (χ0v) is 10.0. The number of aryl methyl sites for hydroxylation is 1. The largest absolute Gasteiger partial charge is 0.288 e. The summed E-state index contributed by atoms with van der Waals surface area (Å²) in [7, 11) is 0. The van der Waals surface area contributed by atoms with Crippen LogP contribution >= 0.6 is 11.8 Å². The van der Waals surface area contributed by atoms with E-state index in [1.54, 1.807) is 12.1 Å². The number of carbonyl (C=O) groups is 1. The van der Waals surface area contributed by atoms with Gasteiger partial charge in [-0.2, -0.15) is 5.26 Å². The van der Waals surface area contributed by atoms with Crippen LogP contribution in [-0.4, -0.2) is 10.9 Å². The van der Waals surface area contributed by atoms with Crippen LogP contribution in [0.3, 0.4) is 0 Å². The van der Waals surface area contributed by atoms with Gasteiger partial charge in [-0.1, -0.05) is 29.7 Å². The lowest BCUT2D eigenvalue weighted by Gasteiger charge is -1.97. The topological polar surface area (TPSA) is 40.9 Å². The van der Waals surface area contributed by atoms with Gasteiger partial charge in [0.1, 0.15) is 0 Å². The third-order valence-electron chi connectivity index (χ3n) is 1.94. The van der Waals surface area contributed by atoms with Crippen molar-refractivity contribution < 1.29 is 4.79 Å². The highest BCUT2D eigenvalue weighted by Gasteiger charge is 1.96. The van der Waals surface area contributed by atoms with Crippen molar-refractivity contribution in [1.82, 2.24) is 0 Å². The quantitative estimate of drug-likeness (QED) is 0.695. The molecule has 0 bridgehead atoms. The molecule has 2 nitrogen and oxygen atoms in total. The van der Waals surface area contributed by atoms with Gasteiger partial charge in [0.25, 0.3) is 0 Å². The van der Waals surface area contributed by atoms with Crippen LogP contribution < -0.4 is 0 Å². The Balaban J connectivity index is 2.80. The molecule has 0 heterocycles. The zero-order valence-electron chi connectivity index (χ0n) is 9.20. The molecule has 1 aromatic carbocycles. The van der Waals surface area contributed by atoms with E-state index >= 15 is 0 Å². The Morgan fingerprint density at radius 3 is 2.88 bits per heavy atom. The summed E-state index contributed by atoms with van der Waals surface area (Å²) in [6, 6.07) is 7.49. The second-order valence-electron chi connectivity index (χ2n) is 3.22. The summed E-state index contributed by atoms with van der Waals surface area (Å²) in [5.41, 5.74) is 2.50. The Hall–Kier alpha value is -1.71. The summed E-state index contributed by atoms with van der Waals surface area (Å²) in [5.74, 6) is 6.37. The van der Waals surface area contributed by atoms with E-state index in [2.05, 4.69) is 17.9 Å². The van der Waals surface area contributed by atoms with E-state index in [9.17, 15) is 4.79 Å². The third kappa shape index (κ3) is 3.81. The van der Waals surface area contributed by atoms with Gasteiger partial charge in [-0.15, -0.1) is 0 Å². The molecule has 0 N–H and O–H groups in total. The number of benzene rings is 1. The molecule has 0 aliphatic heterocycles. The molecule has 0 unspecified atom stereocenters. The van der Waals surface area contributed by atoms with Crippen LogP contribution in [0.4, 0.5) is 0 Å². The fourth-order valence-electron chi connectivity index (χ4n) is 1.10. The Labute approximate surface area is 99.7 Å². The number of nitrogens with zero attached hydrogens (tertiary/aromatic N) is 1. The minimum absolute atomic E-state index is 0.0665. The fourth-order valence-corrected chi connectivity index (χ4v) is 1.44. The van der Waals surface area contributed by atoms with Crippen LogP contribution in [0, 0.1) is 30.1 Å². The van der Waals surface area contributed by atoms with E-state index in [1.165, 1.54) is 18.7 Å². The molecule has 80 valence electrons. The van der Waals surface area contributed by atoms with Gasteiger partial charge >= 0.3 is 0 Å². The molecule has 0 atom stereocenters. The highest BCUT2D eigenvalue weighted by atomic mass is 32.2. The third-order valence-corrected chi connectivity index (χ3v) is 2.63. The highest BCUT2D eigenvalue weighted by Crippen LogP contribution is 2.09. The van der Waals surface area contributed by atoms with E-state index in [1.807, 2.05) is 13.0 Å². The van der Waals surface area contributed by atoms with E-state index in [0.29, 0.717) is 11.3 Å². The molecule has 0 radical (unpaired) electrons. The molecule has 0 spiro atoms. The second-order valence-corrected chi connectivity index (χ2v) is 4.38. The molecule has 1 rings (SSSR count). The fraction of sp³-hybridized carbons (Fsp3) is 0.231. The van der Waals surface area contributed by atoms with E-state index in [-0.39, 0.29) is 5.12 Å². The van der Waals surface area contributed by atoms with Gasteiger partial charge in [-0.05, 0) is 24.6 Å². The first-order valence-electron chi connectivity index (χ1n) is 4.76. The molecule has 0 saturated heterocycles. The Bertz CT molecular complexity index is 503. The van der Waals surface area contributed by atoms with Crippen LogP contribution in [0.5, 0.6) is 0 Å². The van der Waals surface area contributed by atoms with Crippen molar-refractivity contribution in [3.63, 3.8) is 0 Å². The van der Waals surface area contributed by atoms with Crippen molar-refractivity contribution in [2.24, 2.45) is 0 Å². The lowest BCUT2D eigenvalue weighted by molar-refractivity contribution is -0.109. The van der Waals surface area contributed by atoms with Crippen molar-refractivity contribution in [1.29, 1.82) is 5.26 Å². The van der Waals surface area contributed by atoms with Crippen molar-refractivity contribution in [2.75, 3.05) is 5.75 Å². The van der Waals surface area contributed by atoms with Gasteiger partial charge in [0.15, 0.2) is 5.12 Å². The monoisotopic (exact) mass is 229 g/mol. The smallest absolute Gasteiger partial charge is 0.186 e. The first-order chi connectivity index (χ1) is 7.63. The molecule has 3 heteroatoms. The van der Waals surface area contributed by atoms with E-state index < -0.39 is 0 Å².